The van der Waals surface area contributed by atoms with Crippen LogP contribution in [-0.4, -0.2) is 73.8 Å². The Morgan fingerprint density at radius 1 is 0.947 bits per heavy atom. The molecule has 1 saturated heterocycles. The van der Waals surface area contributed by atoms with Crippen molar-refractivity contribution in [1.82, 2.24) is 10.2 Å². The number of amides is 4. The van der Waals surface area contributed by atoms with E-state index in [0.717, 1.165) is 17.5 Å². The Bertz CT molecular complexity index is 1230. The van der Waals surface area contributed by atoms with Gasteiger partial charge in [0, 0.05) is 31.6 Å². The van der Waals surface area contributed by atoms with Crippen molar-refractivity contribution >= 4 is 35.4 Å². The SMILES string of the molecule is COC(=O)N1c2ccc(-c3ccc(C(=O)N4CC[C@@H](NC(C)=O)C4)cc3)cc2N(C(=O)OC(C)C)C[C@@H]1C. The molecule has 0 saturated carbocycles. The molecular weight excluding hydrogens is 488 g/mol. The Kier molecular flexibility index (Phi) is 7.89. The van der Waals surface area contributed by atoms with Crippen molar-refractivity contribution in [3.05, 3.63) is 48.0 Å². The second-order valence-electron chi connectivity index (χ2n) is 9.95. The summed E-state index contributed by atoms with van der Waals surface area (Å²) < 4.78 is 10.5. The fraction of sp³-hybridized carbons (Fsp3) is 0.429. The first-order valence-electron chi connectivity index (χ1n) is 12.7. The number of carbonyl (C=O) groups excluding carboxylic acids is 4. The maximum atomic E-state index is 13.0. The summed E-state index contributed by atoms with van der Waals surface area (Å²) >= 11 is 0. The number of likely N-dealkylation sites (tertiary alicyclic amines) is 1. The van der Waals surface area contributed by atoms with Crippen LogP contribution in [0.15, 0.2) is 42.5 Å². The first kappa shape index (κ1) is 27.0. The third kappa shape index (κ3) is 5.58. The van der Waals surface area contributed by atoms with E-state index in [4.69, 9.17) is 9.47 Å². The second kappa shape index (κ2) is 11.1. The van der Waals surface area contributed by atoms with Crippen LogP contribution in [0.3, 0.4) is 0 Å². The van der Waals surface area contributed by atoms with E-state index in [-0.39, 0.29) is 36.5 Å². The molecule has 4 amide bonds. The topological polar surface area (TPSA) is 108 Å². The van der Waals surface area contributed by atoms with E-state index < -0.39 is 12.2 Å². The lowest BCUT2D eigenvalue weighted by atomic mass is 10.00. The highest BCUT2D eigenvalue weighted by Crippen LogP contribution is 2.39. The van der Waals surface area contributed by atoms with Crippen LogP contribution in [0.5, 0.6) is 0 Å². The van der Waals surface area contributed by atoms with Gasteiger partial charge in [0.05, 0.1) is 37.2 Å². The number of methoxy groups -OCH3 is 1. The largest absolute Gasteiger partial charge is 0.452 e. The van der Waals surface area contributed by atoms with Crippen LogP contribution >= 0.6 is 0 Å². The molecule has 1 N–H and O–H groups in total. The number of anilines is 2. The summed E-state index contributed by atoms with van der Waals surface area (Å²) in [6.45, 7) is 8.22. The van der Waals surface area contributed by atoms with Crippen molar-refractivity contribution in [2.24, 2.45) is 0 Å². The number of nitrogens with zero attached hydrogens (tertiary/aromatic N) is 3. The molecule has 0 bridgehead atoms. The number of hydrogen-bond donors (Lipinski definition) is 1. The summed E-state index contributed by atoms with van der Waals surface area (Å²) in [5.41, 5.74) is 3.31. The molecule has 0 aromatic heterocycles. The van der Waals surface area contributed by atoms with Crippen molar-refractivity contribution in [3.8, 4) is 11.1 Å². The quantitative estimate of drug-likeness (QED) is 0.650. The standard InChI is InChI=1S/C28H34N4O6/c1-17(2)38-27(35)31-15-18(3)32(28(36)37-5)24-11-10-22(14-25(24)31)20-6-8-21(9-7-20)26(34)30-13-12-23(16-30)29-19(4)33/h6-11,14,17-18,23H,12-13,15-16H2,1-5H3,(H,29,33)/t18-,23+/m0/s1. The first-order valence-corrected chi connectivity index (χ1v) is 12.7. The summed E-state index contributed by atoms with van der Waals surface area (Å²) in [6.07, 6.45) is -0.555. The molecule has 10 nitrogen and oxygen atoms in total. The van der Waals surface area contributed by atoms with Gasteiger partial charge < -0.3 is 19.7 Å². The lowest BCUT2D eigenvalue weighted by Gasteiger charge is -2.40. The third-order valence-electron chi connectivity index (χ3n) is 6.69. The zero-order chi connectivity index (χ0) is 27.6. The Hall–Kier alpha value is -4.08. The maximum Gasteiger partial charge on any atom is 0.414 e. The molecule has 0 unspecified atom stereocenters. The van der Waals surface area contributed by atoms with Gasteiger partial charge in [-0.2, -0.15) is 0 Å². The van der Waals surface area contributed by atoms with E-state index >= 15 is 0 Å². The zero-order valence-corrected chi connectivity index (χ0v) is 22.4. The predicted octanol–water partition coefficient (Wildman–Crippen LogP) is 4.03. The van der Waals surface area contributed by atoms with E-state index in [1.54, 1.807) is 41.8 Å². The number of carbonyl (C=O) groups is 4. The molecule has 0 radical (unpaired) electrons. The van der Waals surface area contributed by atoms with E-state index in [0.29, 0.717) is 30.0 Å². The minimum absolute atomic E-state index is 0.0242. The van der Waals surface area contributed by atoms with Gasteiger partial charge in [-0.25, -0.2) is 9.59 Å². The first-order chi connectivity index (χ1) is 18.1. The van der Waals surface area contributed by atoms with Gasteiger partial charge in [-0.3, -0.25) is 19.4 Å². The van der Waals surface area contributed by atoms with Crippen molar-refractivity contribution in [1.29, 1.82) is 0 Å². The lowest BCUT2D eigenvalue weighted by molar-refractivity contribution is -0.119. The van der Waals surface area contributed by atoms with Crippen LogP contribution in [0, 0.1) is 0 Å². The summed E-state index contributed by atoms with van der Waals surface area (Å²) in [5.74, 6) is -0.181. The maximum absolute atomic E-state index is 13.0. The smallest absolute Gasteiger partial charge is 0.414 e. The summed E-state index contributed by atoms with van der Waals surface area (Å²) in [6, 6.07) is 12.4. The Morgan fingerprint density at radius 2 is 1.63 bits per heavy atom. The van der Waals surface area contributed by atoms with Gasteiger partial charge >= 0.3 is 12.2 Å². The van der Waals surface area contributed by atoms with E-state index in [9.17, 15) is 19.2 Å². The summed E-state index contributed by atoms with van der Waals surface area (Å²) in [5, 5.41) is 2.87. The molecule has 2 aliphatic rings. The van der Waals surface area contributed by atoms with Gasteiger partial charge in [0.25, 0.3) is 5.91 Å². The van der Waals surface area contributed by atoms with E-state index in [2.05, 4.69) is 5.32 Å². The molecule has 2 heterocycles. The van der Waals surface area contributed by atoms with E-state index in [1.807, 2.05) is 31.2 Å². The van der Waals surface area contributed by atoms with Crippen LogP contribution < -0.4 is 15.1 Å². The third-order valence-corrected chi connectivity index (χ3v) is 6.69. The second-order valence-corrected chi connectivity index (χ2v) is 9.95. The van der Waals surface area contributed by atoms with Crippen LogP contribution in [0.25, 0.3) is 11.1 Å². The molecule has 0 aliphatic carbocycles. The van der Waals surface area contributed by atoms with Crippen molar-refractivity contribution in [2.75, 3.05) is 36.5 Å². The number of fused-ring (bicyclic) bond motifs is 1. The van der Waals surface area contributed by atoms with Gasteiger partial charge in [-0.05, 0) is 62.6 Å². The summed E-state index contributed by atoms with van der Waals surface area (Å²) in [7, 11) is 1.33. The molecule has 1 fully saturated rings. The average Bonchev–Trinajstić information content (AvgIpc) is 3.34. The van der Waals surface area contributed by atoms with Crippen LogP contribution in [0.1, 0.15) is 44.5 Å². The van der Waals surface area contributed by atoms with Crippen LogP contribution in [0.2, 0.25) is 0 Å². The lowest BCUT2D eigenvalue weighted by Crippen LogP contribution is -2.52. The minimum atomic E-state index is -0.506. The number of nitrogens with one attached hydrogen (secondary N) is 1. The number of rotatable bonds is 4. The highest BCUT2D eigenvalue weighted by Gasteiger charge is 2.36. The van der Waals surface area contributed by atoms with Gasteiger partial charge in [0.2, 0.25) is 5.91 Å². The molecular formula is C28H34N4O6. The highest BCUT2D eigenvalue weighted by molar-refractivity contribution is 6.02. The molecule has 0 spiro atoms. The van der Waals surface area contributed by atoms with E-state index in [1.165, 1.54) is 18.9 Å². The predicted molar refractivity (Wildman–Crippen MR) is 143 cm³/mol. The average molecular weight is 523 g/mol. The fourth-order valence-corrected chi connectivity index (χ4v) is 4.96. The Labute approximate surface area is 222 Å². The van der Waals surface area contributed by atoms with Crippen LogP contribution in [-0.2, 0) is 14.3 Å². The monoisotopic (exact) mass is 522 g/mol. The number of hydrogen-bond acceptors (Lipinski definition) is 6. The van der Waals surface area contributed by atoms with Gasteiger partial charge in [0.15, 0.2) is 0 Å². The molecule has 4 rings (SSSR count). The highest BCUT2D eigenvalue weighted by atomic mass is 16.6. The normalized spacial score (nSPS) is 18.7. The molecule has 2 aromatic carbocycles. The Morgan fingerprint density at radius 3 is 2.26 bits per heavy atom. The zero-order valence-electron chi connectivity index (χ0n) is 22.4. The van der Waals surface area contributed by atoms with Crippen molar-refractivity contribution < 1.29 is 28.7 Å². The van der Waals surface area contributed by atoms with Crippen molar-refractivity contribution in [2.45, 2.75) is 52.3 Å². The molecule has 2 atom stereocenters. The molecule has 2 aliphatic heterocycles. The Balaban J connectivity index is 1.60. The number of benzene rings is 2. The minimum Gasteiger partial charge on any atom is -0.452 e. The van der Waals surface area contributed by atoms with Gasteiger partial charge in [0.1, 0.15) is 0 Å². The number of ether oxygens (including phenoxy) is 2. The van der Waals surface area contributed by atoms with Crippen LogP contribution in [0.4, 0.5) is 21.0 Å². The van der Waals surface area contributed by atoms with Gasteiger partial charge in [-0.1, -0.05) is 18.2 Å². The van der Waals surface area contributed by atoms with Crippen molar-refractivity contribution in [3.63, 3.8) is 0 Å². The molecule has 2 aromatic rings. The molecule has 10 heteroatoms. The van der Waals surface area contributed by atoms with Gasteiger partial charge in [-0.15, -0.1) is 0 Å². The molecule has 202 valence electrons. The fourth-order valence-electron chi connectivity index (χ4n) is 4.96. The molecule has 38 heavy (non-hydrogen) atoms. The summed E-state index contributed by atoms with van der Waals surface area (Å²) in [4.78, 5) is 54.6.